The molecule has 1 aliphatic rings. The average molecular weight is 298 g/mol. The number of ether oxygens (including phenoxy) is 1. The third-order valence-electron chi connectivity index (χ3n) is 3.58. The number of amides is 1. The van der Waals surface area contributed by atoms with Crippen molar-refractivity contribution in [2.75, 3.05) is 19.0 Å². The molecule has 0 aliphatic carbocycles. The minimum absolute atomic E-state index is 0.0198. The SMILES string of the molecule is COC(=O)c1cc(NC(=O)C2CCNC2C)c(F)cc1F. The van der Waals surface area contributed by atoms with Gasteiger partial charge in [-0.05, 0) is 26.0 Å². The summed E-state index contributed by atoms with van der Waals surface area (Å²) < 4.78 is 31.6. The van der Waals surface area contributed by atoms with Crippen LogP contribution in [0.4, 0.5) is 14.5 Å². The van der Waals surface area contributed by atoms with Gasteiger partial charge >= 0.3 is 5.97 Å². The Kier molecular flexibility index (Phi) is 4.52. The van der Waals surface area contributed by atoms with Crippen LogP contribution in [0, 0.1) is 17.6 Å². The maximum atomic E-state index is 13.7. The summed E-state index contributed by atoms with van der Waals surface area (Å²) in [5.74, 6) is -3.57. The molecular formula is C14H16F2N2O3. The lowest BCUT2D eigenvalue weighted by molar-refractivity contribution is -0.120. The third kappa shape index (κ3) is 3.18. The first-order valence-corrected chi connectivity index (χ1v) is 6.55. The number of halogens is 2. The minimum Gasteiger partial charge on any atom is -0.465 e. The maximum absolute atomic E-state index is 13.7. The van der Waals surface area contributed by atoms with Gasteiger partial charge in [0.05, 0.1) is 24.3 Å². The van der Waals surface area contributed by atoms with Gasteiger partial charge in [0.2, 0.25) is 5.91 Å². The first-order chi connectivity index (χ1) is 9.93. The van der Waals surface area contributed by atoms with Crippen molar-refractivity contribution in [1.82, 2.24) is 5.32 Å². The number of esters is 1. The smallest absolute Gasteiger partial charge is 0.340 e. The van der Waals surface area contributed by atoms with E-state index in [0.717, 1.165) is 13.2 Å². The summed E-state index contributed by atoms with van der Waals surface area (Å²) in [4.78, 5) is 23.5. The Balaban J connectivity index is 2.23. The fraction of sp³-hybridized carbons (Fsp3) is 0.429. The zero-order chi connectivity index (χ0) is 15.6. The number of nitrogens with one attached hydrogen (secondary N) is 2. The van der Waals surface area contributed by atoms with E-state index in [0.29, 0.717) is 19.0 Å². The quantitative estimate of drug-likeness (QED) is 0.833. The number of methoxy groups -OCH3 is 1. The van der Waals surface area contributed by atoms with Gasteiger partial charge in [0, 0.05) is 12.1 Å². The van der Waals surface area contributed by atoms with Crippen molar-refractivity contribution in [1.29, 1.82) is 0 Å². The standard InChI is InChI=1S/C14H16F2N2O3/c1-7-8(3-4-17-7)13(19)18-12-5-9(14(20)21-2)10(15)6-11(12)16/h5-8,17H,3-4H2,1-2H3,(H,18,19). The molecule has 0 bridgehead atoms. The molecule has 2 N–H and O–H groups in total. The molecule has 0 aromatic heterocycles. The molecule has 1 saturated heterocycles. The van der Waals surface area contributed by atoms with Crippen LogP contribution in [0.1, 0.15) is 23.7 Å². The Morgan fingerprint density at radius 2 is 2.05 bits per heavy atom. The van der Waals surface area contributed by atoms with E-state index in [2.05, 4.69) is 15.4 Å². The molecule has 0 saturated carbocycles. The van der Waals surface area contributed by atoms with E-state index < -0.39 is 23.2 Å². The Bertz CT molecular complexity index is 578. The van der Waals surface area contributed by atoms with E-state index >= 15 is 0 Å². The topological polar surface area (TPSA) is 67.4 Å². The number of benzene rings is 1. The number of hydrogen-bond donors (Lipinski definition) is 2. The molecule has 5 nitrogen and oxygen atoms in total. The highest BCUT2D eigenvalue weighted by molar-refractivity contribution is 5.96. The maximum Gasteiger partial charge on any atom is 0.340 e. The highest BCUT2D eigenvalue weighted by Gasteiger charge is 2.30. The number of anilines is 1. The lowest BCUT2D eigenvalue weighted by Gasteiger charge is -2.16. The molecule has 2 rings (SSSR count). The van der Waals surface area contributed by atoms with Crippen molar-refractivity contribution in [2.45, 2.75) is 19.4 Å². The molecule has 0 radical (unpaired) electrons. The molecule has 2 atom stereocenters. The van der Waals surface area contributed by atoms with Crippen LogP contribution in [0.3, 0.4) is 0 Å². The fourth-order valence-corrected chi connectivity index (χ4v) is 2.35. The highest BCUT2D eigenvalue weighted by Crippen LogP contribution is 2.23. The molecule has 114 valence electrons. The van der Waals surface area contributed by atoms with Crippen LogP contribution in [-0.4, -0.2) is 31.6 Å². The molecule has 7 heteroatoms. The van der Waals surface area contributed by atoms with Gasteiger partial charge in [0.15, 0.2) is 0 Å². The summed E-state index contributed by atoms with van der Waals surface area (Å²) in [6.07, 6.45) is 0.639. The summed E-state index contributed by atoms with van der Waals surface area (Å²) in [7, 11) is 1.09. The lowest BCUT2D eigenvalue weighted by Crippen LogP contribution is -2.32. The normalized spacial score (nSPS) is 21.1. The molecular weight excluding hydrogens is 282 g/mol. The number of hydrogen-bond acceptors (Lipinski definition) is 4. The molecule has 1 fully saturated rings. The van der Waals surface area contributed by atoms with Crippen molar-refractivity contribution < 1.29 is 23.1 Å². The summed E-state index contributed by atoms with van der Waals surface area (Å²) in [6.45, 7) is 2.57. The number of rotatable bonds is 3. The van der Waals surface area contributed by atoms with Crippen LogP contribution < -0.4 is 10.6 Å². The van der Waals surface area contributed by atoms with Gasteiger partial charge in [-0.15, -0.1) is 0 Å². The summed E-state index contributed by atoms with van der Waals surface area (Å²) >= 11 is 0. The molecule has 1 aromatic rings. The zero-order valence-corrected chi connectivity index (χ0v) is 11.7. The van der Waals surface area contributed by atoms with Gasteiger partial charge in [-0.3, -0.25) is 4.79 Å². The van der Waals surface area contributed by atoms with Crippen molar-refractivity contribution in [3.63, 3.8) is 0 Å². The van der Waals surface area contributed by atoms with Crippen LogP contribution in [-0.2, 0) is 9.53 Å². The van der Waals surface area contributed by atoms with Crippen LogP contribution in [0.5, 0.6) is 0 Å². The largest absolute Gasteiger partial charge is 0.465 e. The van der Waals surface area contributed by atoms with E-state index in [1.807, 2.05) is 6.92 Å². The predicted octanol–water partition coefficient (Wildman–Crippen LogP) is 1.69. The van der Waals surface area contributed by atoms with Gasteiger partial charge in [-0.2, -0.15) is 0 Å². The van der Waals surface area contributed by atoms with E-state index in [-0.39, 0.29) is 23.6 Å². The Hall–Kier alpha value is -2.02. The van der Waals surface area contributed by atoms with Crippen molar-refractivity contribution >= 4 is 17.6 Å². The zero-order valence-electron chi connectivity index (χ0n) is 11.7. The number of carbonyl (C=O) groups is 2. The van der Waals surface area contributed by atoms with Crippen LogP contribution >= 0.6 is 0 Å². The molecule has 1 aliphatic heterocycles. The van der Waals surface area contributed by atoms with E-state index in [4.69, 9.17) is 0 Å². The van der Waals surface area contributed by atoms with Gasteiger partial charge in [0.1, 0.15) is 11.6 Å². The summed E-state index contributed by atoms with van der Waals surface area (Å²) in [6, 6.07) is 1.48. The van der Waals surface area contributed by atoms with Crippen LogP contribution in [0.25, 0.3) is 0 Å². The van der Waals surface area contributed by atoms with Gasteiger partial charge in [-0.1, -0.05) is 0 Å². The van der Waals surface area contributed by atoms with Gasteiger partial charge in [0.25, 0.3) is 0 Å². The molecule has 2 unspecified atom stereocenters. The molecule has 0 spiro atoms. The van der Waals surface area contributed by atoms with E-state index in [1.165, 1.54) is 0 Å². The van der Waals surface area contributed by atoms with Crippen molar-refractivity contribution in [3.8, 4) is 0 Å². The summed E-state index contributed by atoms with van der Waals surface area (Å²) in [5, 5.41) is 5.51. The second-order valence-electron chi connectivity index (χ2n) is 4.93. The Labute approximate surface area is 120 Å². The molecule has 1 aromatic carbocycles. The van der Waals surface area contributed by atoms with E-state index in [1.54, 1.807) is 0 Å². The van der Waals surface area contributed by atoms with Gasteiger partial charge in [-0.25, -0.2) is 13.6 Å². The number of carbonyl (C=O) groups excluding carboxylic acids is 2. The Morgan fingerprint density at radius 3 is 2.62 bits per heavy atom. The van der Waals surface area contributed by atoms with Crippen LogP contribution in [0.2, 0.25) is 0 Å². The average Bonchev–Trinajstić information content (AvgIpc) is 2.87. The third-order valence-corrected chi connectivity index (χ3v) is 3.58. The second-order valence-corrected chi connectivity index (χ2v) is 4.93. The lowest BCUT2D eigenvalue weighted by atomic mass is 10.0. The molecule has 1 amide bonds. The van der Waals surface area contributed by atoms with Crippen molar-refractivity contribution in [2.24, 2.45) is 5.92 Å². The van der Waals surface area contributed by atoms with Gasteiger partial charge < -0.3 is 15.4 Å². The van der Waals surface area contributed by atoms with Crippen LogP contribution in [0.15, 0.2) is 12.1 Å². The molecule has 21 heavy (non-hydrogen) atoms. The minimum atomic E-state index is -1.03. The first kappa shape index (κ1) is 15.4. The van der Waals surface area contributed by atoms with E-state index in [9.17, 15) is 18.4 Å². The Morgan fingerprint density at radius 1 is 1.33 bits per heavy atom. The monoisotopic (exact) mass is 298 g/mol. The highest BCUT2D eigenvalue weighted by atomic mass is 19.1. The fourth-order valence-electron chi connectivity index (χ4n) is 2.35. The van der Waals surface area contributed by atoms with Crippen molar-refractivity contribution in [3.05, 3.63) is 29.3 Å². The summed E-state index contributed by atoms with van der Waals surface area (Å²) in [5.41, 5.74) is -0.660. The second kappa shape index (κ2) is 6.17. The predicted molar refractivity (Wildman–Crippen MR) is 71.9 cm³/mol. The molecule has 1 heterocycles. The first-order valence-electron chi connectivity index (χ1n) is 6.55.